The highest BCUT2D eigenvalue weighted by Gasteiger charge is 2.24. The SMILES string of the molecule is C[C@H](Sc1nc(N[C@@H](CO)CC(C)(C)F)c2sc(=O)[nH]c2n1)c1ccccc1F. The number of alkyl halides is 1. The van der Waals surface area contributed by atoms with Crippen molar-refractivity contribution < 1.29 is 13.9 Å². The second-order valence-corrected chi connectivity index (χ2v) is 9.57. The van der Waals surface area contributed by atoms with Crippen LogP contribution in [0.25, 0.3) is 10.3 Å². The first kappa shape index (κ1) is 21.7. The van der Waals surface area contributed by atoms with Crippen LogP contribution in [0.5, 0.6) is 0 Å². The summed E-state index contributed by atoms with van der Waals surface area (Å²) in [6, 6.07) is 5.88. The number of thioether (sulfide) groups is 1. The van der Waals surface area contributed by atoms with Crippen molar-refractivity contribution in [3.8, 4) is 0 Å². The number of H-pyrrole nitrogens is 1. The molecular formula is C19H22F2N4O2S2. The molecule has 0 bridgehead atoms. The van der Waals surface area contributed by atoms with Gasteiger partial charge in [-0.25, -0.2) is 18.7 Å². The number of halogens is 2. The molecule has 0 saturated heterocycles. The highest BCUT2D eigenvalue weighted by atomic mass is 32.2. The number of hydrogen-bond acceptors (Lipinski definition) is 7. The average molecular weight is 441 g/mol. The molecular weight excluding hydrogens is 418 g/mol. The summed E-state index contributed by atoms with van der Waals surface area (Å²) < 4.78 is 28.6. The summed E-state index contributed by atoms with van der Waals surface area (Å²) in [7, 11) is 0. The maximum Gasteiger partial charge on any atom is 0.306 e. The zero-order chi connectivity index (χ0) is 21.2. The number of hydrogen-bond donors (Lipinski definition) is 3. The van der Waals surface area contributed by atoms with E-state index in [1.807, 2.05) is 6.92 Å². The van der Waals surface area contributed by atoms with Gasteiger partial charge in [0.1, 0.15) is 16.2 Å². The smallest absolute Gasteiger partial charge is 0.306 e. The van der Waals surface area contributed by atoms with Crippen molar-refractivity contribution in [2.24, 2.45) is 0 Å². The van der Waals surface area contributed by atoms with E-state index in [0.29, 0.717) is 26.9 Å². The molecule has 10 heteroatoms. The Kier molecular flexibility index (Phi) is 6.55. The van der Waals surface area contributed by atoms with Gasteiger partial charge in [-0.15, -0.1) is 0 Å². The van der Waals surface area contributed by atoms with Crippen LogP contribution in [-0.2, 0) is 0 Å². The minimum absolute atomic E-state index is 0.0580. The van der Waals surface area contributed by atoms with Gasteiger partial charge in [0.15, 0.2) is 16.6 Å². The molecule has 0 spiro atoms. The number of anilines is 1. The first-order valence-corrected chi connectivity index (χ1v) is 10.7. The second-order valence-electron chi connectivity index (χ2n) is 7.28. The standard InChI is InChI=1S/C19H22F2N4O2S2/c1-10(12-6-4-5-7-13(12)20)28-17-23-15(14-16(24-17)25-18(27)29-14)22-11(9-26)8-19(2,3)21/h4-7,10-11,26H,8-9H2,1-3H3,(H2,22,23,24,25,27)/t10-,11+/m0/s1. The van der Waals surface area contributed by atoms with Crippen LogP contribution in [0.3, 0.4) is 0 Å². The van der Waals surface area contributed by atoms with Crippen molar-refractivity contribution >= 4 is 39.3 Å². The molecule has 3 aromatic rings. The quantitative estimate of drug-likeness (QED) is 0.358. The number of nitrogens with zero attached hydrogens (tertiary/aromatic N) is 2. The Morgan fingerprint density at radius 2 is 2.07 bits per heavy atom. The third-order valence-electron chi connectivity index (χ3n) is 4.18. The second kappa shape index (κ2) is 8.76. The van der Waals surface area contributed by atoms with Crippen LogP contribution in [0.15, 0.2) is 34.2 Å². The molecule has 3 rings (SSSR count). The topological polar surface area (TPSA) is 90.9 Å². The molecule has 0 aliphatic carbocycles. The molecule has 156 valence electrons. The molecule has 0 radical (unpaired) electrons. The lowest BCUT2D eigenvalue weighted by Crippen LogP contribution is -2.31. The Labute approximate surface area is 174 Å². The Balaban J connectivity index is 1.93. The molecule has 0 amide bonds. The first-order chi connectivity index (χ1) is 13.7. The number of rotatable bonds is 8. The molecule has 2 aromatic heterocycles. The van der Waals surface area contributed by atoms with E-state index in [0.717, 1.165) is 11.3 Å². The summed E-state index contributed by atoms with van der Waals surface area (Å²) in [5, 5.41) is 12.7. The largest absolute Gasteiger partial charge is 0.394 e. The zero-order valence-electron chi connectivity index (χ0n) is 16.2. The molecule has 2 atom stereocenters. The van der Waals surface area contributed by atoms with Crippen LogP contribution in [0.2, 0.25) is 0 Å². The van der Waals surface area contributed by atoms with Crippen molar-refractivity contribution in [3.63, 3.8) is 0 Å². The molecule has 0 saturated carbocycles. The number of nitrogens with one attached hydrogen (secondary N) is 2. The first-order valence-electron chi connectivity index (χ1n) is 9.04. The molecule has 0 fully saturated rings. The fourth-order valence-corrected chi connectivity index (χ4v) is 4.59. The Morgan fingerprint density at radius 3 is 2.72 bits per heavy atom. The van der Waals surface area contributed by atoms with Gasteiger partial charge in [-0.2, -0.15) is 0 Å². The summed E-state index contributed by atoms with van der Waals surface area (Å²) >= 11 is 2.17. The van der Waals surface area contributed by atoms with Crippen molar-refractivity contribution in [1.29, 1.82) is 0 Å². The van der Waals surface area contributed by atoms with E-state index in [4.69, 9.17) is 0 Å². The molecule has 3 N–H and O–H groups in total. The van der Waals surface area contributed by atoms with Gasteiger partial charge in [-0.3, -0.25) is 9.78 Å². The maximum absolute atomic E-state index is 14.1. The molecule has 6 nitrogen and oxygen atoms in total. The molecule has 0 unspecified atom stereocenters. The third-order valence-corrected chi connectivity index (χ3v) is 6.06. The average Bonchev–Trinajstić information content (AvgIpc) is 3.00. The van der Waals surface area contributed by atoms with Crippen molar-refractivity contribution in [1.82, 2.24) is 15.0 Å². The van der Waals surface area contributed by atoms with E-state index in [1.54, 1.807) is 18.2 Å². The lowest BCUT2D eigenvalue weighted by molar-refractivity contribution is 0.165. The highest BCUT2D eigenvalue weighted by molar-refractivity contribution is 7.99. The predicted molar refractivity (Wildman–Crippen MR) is 113 cm³/mol. The monoisotopic (exact) mass is 440 g/mol. The lowest BCUT2D eigenvalue weighted by Gasteiger charge is -2.23. The van der Waals surface area contributed by atoms with Crippen LogP contribution in [0.4, 0.5) is 14.6 Å². The number of fused-ring (bicyclic) bond motifs is 1. The van der Waals surface area contributed by atoms with Gasteiger partial charge in [-0.05, 0) is 26.8 Å². The lowest BCUT2D eigenvalue weighted by atomic mass is 10.0. The highest BCUT2D eigenvalue weighted by Crippen LogP contribution is 2.36. The number of benzene rings is 1. The van der Waals surface area contributed by atoms with E-state index in [-0.39, 0.29) is 29.0 Å². The van der Waals surface area contributed by atoms with E-state index in [9.17, 15) is 18.7 Å². The number of aliphatic hydroxyl groups excluding tert-OH is 1. The Hall–Kier alpha value is -2.04. The summed E-state index contributed by atoms with van der Waals surface area (Å²) in [4.78, 5) is 23.0. The Morgan fingerprint density at radius 1 is 1.34 bits per heavy atom. The van der Waals surface area contributed by atoms with Gasteiger partial charge in [0, 0.05) is 17.2 Å². The van der Waals surface area contributed by atoms with Gasteiger partial charge in [0.2, 0.25) is 0 Å². The number of aromatic nitrogens is 3. The van der Waals surface area contributed by atoms with Gasteiger partial charge in [0.05, 0.1) is 12.6 Å². The molecule has 0 aliphatic heterocycles. The molecule has 2 heterocycles. The molecule has 0 aliphatic rings. The van der Waals surface area contributed by atoms with E-state index >= 15 is 0 Å². The van der Waals surface area contributed by atoms with Crippen LogP contribution in [0, 0.1) is 5.82 Å². The van der Waals surface area contributed by atoms with Gasteiger partial charge in [0.25, 0.3) is 0 Å². The minimum Gasteiger partial charge on any atom is -0.394 e. The van der Waals surface area contributed by atoms with Crippen LogP contribution < -0.4 is 10.2 Å². The molecule has 29 heavy (non-hydrogen) atoms. The van der Waals surface area contributed by atoms with Gasteiger partial charge in [-0.1, -0.05) is 41.3 Å². The third kappa shape index (κ3) is 5.52. The number of thiazole rings is 1. The van der Waals surface area contributed by atoms with E-state index < -0.39 is 11.7 Å². The number of aliphatic hydroxyl groups is 1. The maximum atomic E-state index is 14.1. The summed E-state index contributed by atoms with van der Waals surface area (Å²) in [6.45, 7) is 4.40. The zero-order valence-corrected chi connectivity index (χ0v) is 17.8. The normalized spacial score (nSPS) is 14.1. The summed E-state index contributed by atoms with van der Waals surface area (Å²) in [5.74, 6) is 0.0197. The van der Waals surface area contributed by atoms with Crippen LogP contribution >= 0.6 is 23.1 Å². The van der Waals surface area contributed by atoms with Crippen LogP contribution in [-0.4, -0.2) is 38.4 Å². The Bertz CT molecular complexity index is 1050. The van der Waals surface area contributed by atoms with Gasteiger partial charge < -0.3 is 10.4 Å². The fourth-order valence-electron chi connectivity index (χ4n) is 2.94. The predicted octanol–water partition coefficient (Wildman–Crippen LogP) is 4.28. The van der Waals surface area contributed by atoms with Gasteiger partial charge >= 0.3 is 4.87 Å². The number of aromatic amines is 1. The van der Waals surface area contributed by atoms with Crippen molar-refractivity contribution in [2.45, 2.75) is 49.3 Å². The fraction of sp³-hybridized carbons (Fsp3) is 0.421. The van der Waals surface area contributed by atoms with Crippen molar-refractivity contribution in [2.75, 3.05) is 11.9 Å². The molecule has 1 aromatic carbocycles. The summed E-state index contributed by atoms with van der Waals surface area (Å²) in [5.41, 5.74) is -0.631. The summed E-state index contributed by atoms with van der Waals surface area (Å²) in [6.07, 6.45) is 0.0580. The van der Waals surface area contributed by atoms with E-state index in [2.05, 4.69) is 20.3 Å². The van der Waals surface area contributed by atoms with E-state index in [1.165, 1.54) is 31.7 Å². The van der Waals surface area contributed by atoms with Crippen molar-refractivity contribution in [3.05, 3.63) is 45.3 Å². The van der Waals surface area contributed by atoms with Crippen LogP contribution in [0.1, 0.15) is 38.0 Å². The minimum atomic E-state index is -1.49.